The Labute approximate surface area is 153 Å². The molecular formula is C18H25N5O2S. The minimum atomic E-state index is -3.13. The van der Waals surface area contributed by atoms with Gasteiger partial charge in [0, 0.05) is 25.3 Å². The lowest BCUT2D eigenvalue weighted by molar-refractivity contribution is 0.0133. The fourth-order valence-electron chi connectivity index (χ4n) is 4.84. The highest BCUT2D eigenvalue weighted by Crippen LogP contribution is 2.59. The molecular weight excluding hydrogens is 350 g/mol. The summed E-state index contributed by atoms with van der Waals surface area (Å²) in [5, 5.41) is 0.847. The second kappa shape index (κ2) is 5.66. The van der Waals surface area contributed by atoms with Gasteiger partial charge in [0.1, 0.15) is 17.8 Å². The summed E-state index contributed by atoms with van der Waals surface area (Å²) in [6.07, 6.45) is 10.3. The molecule has 0 bridgehead atoms. The third kappa shape index (κ3) is 2.53. The van der Waals surface area contributed by atoms with Gasteiger partial charge in [0.25, 0.3) is 0 Å². The maximum atomic E-state index is 12.5. The molecule has 1 spiro atoms. The Balaban J connectivity index is 1.21. The quantitative estimate of drug-likeness (QED) is 0.836. The minimum Gasteiger partial charge on any atom is -0.356 e. The first-order chi connectivity index (χ1) is 12.5. The lowest BCUT2D eigenvalue weighted by Crippen LogP contribution is -2.60. The van der Waals surface area contributed by atoms with Gasteiger partial charge in [0.2, 0.25) is 10.0 Å². The molecule has 3 saturated carbocycles. The summed E-state index contributed by atoms with van der Waals surface area (Å²) in [4.78, 5) is 14.1. The van der Waals surface area contributed by atoms with Gasteiger partial charge in [-0.2, -0.15) is 0 Å². The van der Waals surface area contributed by atoms with Gasteiger partial charge in [-0.3, -0.25) is 0 Å². The van der Waals surface area contributed by atoms with Crippen molar-refractivity contribution in [1.82, 2.24) is 19.7 Å². The van der Waals surface area contributed by atoms with Crippen molar-refractivity contribution >= 4 is 26.9 Å². The molecule has 0 radical (unpaired) electrons. The van der Waals surface area contributed by atoms with Crippen LogP contribution in [0.2, 0.25) is 0 Å². The first-order valence-corrected chi connectivity index (χ1v) is 11.0. The van der Waals surface area contributed by atoms with Crippen LogP contribution in [0.4, 0.5) is 5.82 Å². The molecule has 2 aromatic heterocycles. The van der Waals surface area contributed by atoms with E-state index in [1.54, 1.807) is 6.33 Å². The van der Waals surface area contributed by atoms with E-state index in [0.29, 0.717) is 6.04 Å². The minimum absolute atomic E-state index is 0.190. The van der Waals surface area contributed by atoms with E-state index in [1.807, 2.05) is 12.3 Å². The molecule has 0 amide bonds. The summed E-state index contributed by atoms with van der Waals surface area (Å²) >= 11 is 0. The van der Waals surface area contributed by atoms with Crippen LogP contribution in [0.5, 0.6) is 0 Å². The Bertz CT molecular complexity index is 922. The molecule has 0 atom stereocenters. The van der Waals surface area contributed by atoms with Crippen LogP contribution in [0.15, 0.2) is 18.6 Å². The van der Waals surface area contributed by atoms with E-state index in [2.05, 4.69) is 31.6 Å². The maximum absolute atomic E-state index is 12.5. The third-order valence-electron chi connectivity index (χ3n) is 6.75. The predicted molar refractivity (Wildman–Crippen MR) is 100 cm³/mol. The number of nitrogens with zero attached hydrogens (tertiary/aromatic N) is 3. The molecule has 7 nitrogen and oxygen atoms in total. The normalized spacial score (nSPS) is 31.4. The Morgan fingerprint density at radius 1 is 1.23 bits per heavy atom. The SMILES string of the molecule is CN(c1ncnc2[nH]ccc12)C1CC2(C1)CC(S(=O)(=O)NC1CCC1)C2. The van der Waals surface area contributed by atoms with Crippen molar-refractivity contribution in [2.45, 2.75) is 62.3 Å². The van der Waals surface area contributed by atoms with Crippen molar-refractivity contribution in [2.75, 3.05) is 11.9 Å². The Morgan fingerprint density at radius 2 is 2.00 bits per heavy atom. The number of hydrogen-bond acceptors (Lipinski definition) is 5. The zero-order chi connectivity index (χ0) is 17.9. The van der Waals surface area contributed by atoms with Gasteiger partial charge >= 0.3 is 0 Å². The average molecular weight is 375 g/mol. The number of rotatable bonds is 5. The van der Waals surface area contributed by atoms with Crippen molar-refractivity contribution < 1.29 is 8.42 Å². The van der Waals surface area contributed by atoms with Crippen LogP contribution in [0, 0.1) is 5.41 Å². The molecule has 26 heavy (non-hydrogen) atoms. The first kappa shape index (κ1) is 16.5. The maximum Gasteiger partial charge on any atom is 0.214 e. The van der Waals surface area contributed by atoms with Crippen LogP contribution in [0.3, 0.4) is 0 Å². The van der Waals surface area contributed by atoms with Gasteiger partial charge in [-0.15, -0.1) is 0 Å². The van der Waals surface area contributed by atoms with E-state index in [4.69, 9.17) is 0 Å². The fraction of sp³-hybridized carbons (Fsp3) is 0.667. The third-order valence-corrected chi connectivity index (χ3v) is 8.62. The van der Waals surface area contributed by atoms with Crippen molar-refractivity contribution in [3.8, 4) is 0 Å². The zero-order valence-electron chi connectivity index (χ0n) is 15.0. The molecule has 3 fully saturated rings. The van der Waals surface area contributed by atoms with Gasteiger partial charge in [-0.25, -0.2) is 23.1 Å². The van der Waals surface area contributed by atoms with Crippen molar-refractivity contribution in [1.29, 1.82) is 0 Å². The summed E-state index contributed by atoms with van der Waals surface area (Å²) in [7, 11) is -1.05. The van der Waals surface area contributed by atoms with Crippen LogP contribution in [-0.2, 0) is 10.0 Å². The highest BCUT2D eigenvalue weighted by Gasteiger charge is 2.57. The summed E-state index contributed by atoms with van der Waals surface area (Å²) in [6, 6.07) is 2.62. The number of nitrogens with one attached hydrogen (secondary N) is 2. The topological polar surface area (TPSA) is 91.0 Å². The smallest absolute Gasteiger partial charge is 0.214 e. The van der Waals surface area contributed by atoms with E-state index in [0.717, 1.165) is 61.8 Å². The first-order valence-electron chi connectivity index (χ1n) is 9.48. The molecule has 2 N–H and O–H groups in total. The highest BCUT2D eigenvalue weighted by molar-refractivity contribution is 7.90. The van der Waals surface area contributed by atoms with Gasteiger partial charge in [0.15, 0.2) is 0 Å². The molecule has 8 heteroatoms. The number of sulfonamides is 1. The lowest BCUT2D eigenvalue weighted by Gasteiger charge is -2.59. The van der Waals surface area contributed by atoms with Crippen LogP contribution in [-0.4, -0.2) is 47.8 Å². The van der Waals surface area contributed by atoms with Gasteiger partial charge in [0.05, 0.1) is 10.6 Å². The monoisotopic (exact) mass is 375 g/mol. The van der Waals surface area contributed by atoms with Gasteiger partial charge < -0.3 is 9.88 Å². The molecule has 0 unspecified atom stereocenters. The zero-order valence-corrected chi connectivity index (χ0v) is 15.8. The number of aromatic nitrogens is 3. The summed E-state index contributed by atoms with van der Waals surface area (Å²) in [5.74, 6) is 0.950. The second-order valence-electron chi connectivity index (χ2n) is 8.43. The Hall–Kier alpha value is -1.67. The van der Waals surface area contributed by atoms with Crippen molar-refractivity contribution in [3.05, 3.63) is 18.6 Å². The second-order valence-corrected chi connectivity index (χ2v) is 10.4. The summed E-state index contributed by atoms with van der Waals surface area (Å²) in [6.45, 7) is 0. The molecule has 2 aromatic rings. The fourth-order valence-corrected chi connectivity index (χ4v) is 6.88. The van der Waals surface area contributed by atoms with E-state index >= 15 is 0 Å². The molecule has 5 rings (SSSR count). The van der Waals surface area contributed by atoms with Gasteiger partial charge in [-0.1, -0.05) is 6.42 Å². The number of H-pyrrole nitrogens is 1. The number of aromatic amines is 1. The molecule has 3 aliphatic carbocycles. The van der Waals surface area contributed by atoms with E-state index in [-0.39, 0.29) is 16.7 Å². The molecule has 140 valence electrons. The van der Waals surface area contributed by atoms with Crippen molar-refractivity contribution in [2.24, 2.45) is 5.41 Å². The summed E-state index contributed by atoms with van der Waals surface area (Å²) < 4.78 is 27.8. The largest absolute Gasteiger partial charge is 0.356 e. The molecule has 3 aliphatic rings. The van der Waals surface area contributed by atoms with Gasteiger partial charge in [-0.05, 0) is 50.0 Å². The average Bonchev–Trinajstić information content (AvgIpc) is 2.96. The molecule has 0 aliphatic heterocycles. The highest BCUT2D eigenvalue weighted by atomic mass is 32.2. The van der Waals surface area contributed by atoms with Crippen LogP contribution >= 0.6 is 0 Å². The Kier molecular flexibility index (Phi) is 3.59. The molecule has 0 aromatic carbocycles. The standard InChI is InChI=1S/C18H25N5O2S/c1-23(17-15-5-6-19-16(15)20-11-21-17)13-7-18(8-13)9-14(10-18)26(24,25)22-12-3-2-4-12/h5-6,11-14,22H,2-4,7-10H2,1H3,(H,19,20,21). The number of hydrogen-bond donors (Lipinski definition) is 2. The molecule has 0 saturated heterocycles. The molecule has 2 heterocycles. The lowest BCUT2D eigenvalue weighted by atomic mass is 9.53. The van der Waals surface area contributed by atoms with Crippen molar-refractivity contribution in [3.63, 3.8) is 0 Å². The predicted octanol–water partition coefficient (Wildman–Crippen LogP) is 2.18. The number of anilines is 1. The summed E-state index contributed by atoms with van der Waals surface area (Å²) in [5.41, 5.74) is 1.08. The van der Waals surface area contributed by atoms with E-state index in [1.165, 1.54) is 0 Å². The Morgan fingerprint density at radius 3 is 2.69 bits per heavy atom. The number of fused-ring (bicyclic) bond motifs is 1. The van der Waals surface area contributed by atoms with Crippen LogP contribution in [0.1, 0.15) is 44.9 Å². The van der Waals surface area contributed by atoms with Crippen LogP contribution < -0.4 is 9.62 Å². The van der Waals surface area contributed by atoms with E-state index < -0.39 is 10.0 Å². The van der Waals surface area contributed by atoms with Crippen LogP contribution in [0.25, 0.3) is 11.0 Å². The van der Waals surface area contributed by atoms with E-state index in [9.17, 15) is 8.42 Å².